The molecule has 1 aliphatic rings. The molecule has 1 saturated heterocycles. The Balaban J connectivity index is 1.30. The molecule has 1 aromatic heterocycles. The highest BCUT2D eigenvalue weighted by Crippen LogP contribution is 2.28. The lowest BCUT2D eigenvalue weighted by Gasteiger charge is -2.34. The van der Waals surface area contributed by atoms with Crippen molar-refractivity contribution < 1.29 is 9.18 Å². The predicted octanol–water partition coefficient (Wildman–Crippen LogP) is 3.98. The molecule has 0 saturated carbocycles. The van der Waals surface area contributed by atoms with Crippen LogP contribution in [0.25, 0.3) is 11.3 Å². The molecule has 2 heterocycles. The van der Waals surface area contributed by atoms with Crippen molar-refractivity contribution in [2.45, 2.75) is 6.54 Å². The van der Waals surface area contributed by atoms with Gasteiger partial charge in [-0.2, -0.15) is 0 Å². The molecule has 2 aromatic carbocycles. The van der Waals surface area contributed by atoms with Crippen LogP contribution in [-0.4, -0.2) is 42.1 Å². The predicted molar refractivity (Wildman–Crippen MR) is 110 cm³/mol. The Morgan fingerprint density at radius 1 is 1.04 bits per heavy atom. The van der Waals surface area contributed by atoms with E-state index in [2.05, 4.69) is 15.2 Å². The van der Waals surface area contributed by atoms with Crippen LogP contribution in [0.5, 0.6) is 0 Å². The number of anilines is 1. The fourth-order valence-corrected chi connectivity index (χ4v) is 4.04. The number of benzene rings is 2. The average molecular weight is 396 g/mol. The van der Waals surface area contributed by atoms with Gasteiger partial charge in [0.25, 0.3) is 0 Å². The fourth-order valence-electron chi connectivity index (χ4n) is 3.15. The normalized spacial score (nSPS) is 14.2. The standard InChI is InChI=1S/C21H21FN4OS/c22-18-8-6-17(7-9-18)19-15-28-21(24-19)26-12-10-25(11-13-26)20(27)23-14-16-4-2-1-3-5-16/h1-9,15H,10-14H2,(H,23,27). The Kier molecular flexibility index (Phi) is 5.53. The van der Waals surface area contributed by atoms with Crippen molar-refractivity contribution in [3.63, 3.8) is 0 Å². The van der Waals surface area contributed by atoms with Gasteiger partial charge in [-0.05, 0) is 29.8 Å². The van der Waals surface area contributed by atoms with Crippen molar-refractivity contribution in [3.8, 4) is 11.3 Å². The van der Waals surface area contributed by atoms with Gasteiger partial charge in [0, 0.05) is 43.7 Å². The Labute approximate surface area is 167 Å². The van der Waals surface area contributed by atoms with E-state index in [1.54, 1.807) is 23.5 Å². The first-order valence-electron chi connectivity index (χ1n) is 9.22. The summed E-state index contributed by atoms with van der Waals surface area (Å²) in [5, 5.41) is 5.90. The van der Waals surface area contributed by atoms with E-state index in [0.29, 0.717) is 19.6 Å². The van der Waals surface area contributed by atoms with Crippen LogP contribution in [0.3, 0.4) is 0 Å². The number of nitrogens with zero attached hydrogens (tertiary/aromatic N) is 3. The summed E-state index contributed by atoms with van der Waals surface area (Å²) in [5.41, 5.74) is 2.84. The van der Waals surface area contributed by atoms with Gasteiger partial charge in [0.2, 0.25) is 0 Å². The van der Waals surface area contributed by atoms with Crippen LogP contribution < -0.4 is 10.2 Å². The molecule has 3 aromatic rings. The van der Waals surface area contributed by atoms with Crippen LogP contribution in [0.1, 0.15) is 5.56 Å². The molecule has 144 valence electrons. The van der Waals surface area contributed by atoms with Crippen molar-refractivity contribution in [3.05, 3.63) is 71.4 Å². The van der Waals surface area contributed by atoms with Gasteiger partial charge < -0.3 is 15.1 Å². The maximum atomic E-state index is 13.1. The van der Waals surface area contributed by atoms with Crippen molar-refractivity contribution >= 4 is 22.5 Å². The molecule has 1 aliphatic heterocycles. The first kappa shape index (κ1) is 18.4. The summed E-state index contributed by atoms with van der Waals surface area (Å²) < 4.78 is 13.1. The number of piperazine rings is 1. The number of carbonyl (C=O) groups excluding carboxylic acids is 1. The molecule has 0 unspecified atom stereocenters. The number of amides is 2. The van der Waals surface area contributed by atoms with Crippen LogP contribution >= 0.6 is 11.3 Å². The van der Waals surface area contributed by atoms with Gasteiger partial charge in [0.15, 0.2) is 5.13 Å². The summed E-state index contributed by atoms with van der Waals surface area (Å²) in [7, 11) is 0. The lowest BCUT2D eigenvalue weighted by molar-refractivity contribution is 0.194. The van der Waals surface area contributed by atoms with Gasteiger partial charge >= 0.3 is 6.03 Å². The Morgan fingerprint density at radius 2 is 1.75 bits per heavy atom. The highest BCUT2D eigenvalue weighted by molar-refractivity contribution is 7.14. The van der Waals surface area contributed by atoms with Crippen molar-refractivity contribution in [2.75, 3.05) is 31.1 Å². The van der Waals surface area contributed by atoms with Crippen molar-refractivity contribution in [2.24, 2.45) is 0 Å². The molecule has 4 rings (SSSR count). The molecule has 2 amide bonds. The minimum Gasteiger partial charge on any atom is -0.345 e. The number of halogens is 1. The first-order chi connectivity index (χ1) is 13.7. The van der Waals surface area contributed by atoms with E-state index < -0.39 is 0 Å². The van der Waals surface area contributed by atoms with Crippen LogP contribution in [0, 0.1) is 5.82 Å². The molecule has 7 heteroatoms. The lowest BCUT2D eigenvalue weighted by atomic mass is 10.2. The van der Waals surface area contributed by atoms with Crippen molar-refractivity contribution in [1.82, 2.24) is 15.2 Å². The van der Waals surface area contributed by atoms with Gasteiger partial charge in [0.05, 0.1) is 5.69 Å². The third-order valence-electron chi connectivity index (χ3n) is 4.76. The van der Waals surface area contributed by atoms with Crippen LogP contribution in [0.4, 0.5) is 14.3 Å². The summed E-state index contributed by atoms with van der Waals surface area (Å²) in [5.74, 6) is -0.249. The molecule has 0 bridgehead atoms. The van der Waals surface area contributed by atoms with Gasteiger partial charge in [-0.15, -0.1) is 11.3 Å². The van der Waals surface area contributed by atoms with Crippen LogP contribution in [0.2, 0.25) is 0 Å². The fraction of sp³-hybridized carbons (Fsp3) is 0.238. The number of carbonyl (C=O) groups is 1. The monoisotopic (exact) mass is 396 g/mol. The van der Waals surface area contributed by atoms with Gasteiger partial charge in [-0.25, -0.2) is 14.2 Å². The molecule has 28 heavy (non-hydrogen) atoms. The smallest absolute Gasteiger partial charge is 0.317 e. The molecular weight excluding hydrogens is 375 g/mol. The van der Waals surface area contributed by atoms with Crippen LogP contribution in [0.15, 0.2) is 60.0 Å². The third kappa shape index (κ3) is 4.31. The number of thiazole rings is 1. The Hall–Kier alpha value is -2.93. The van der Waals surface area contributed by atoms with Gasteiger partial charge in [-0.3, -0.25) is 0 Å². The highest BCUT2D eigenvalue weighted by Gasteiger charge is 2.22. The lowest BCUT2D eigenvalue weighted by Crippen LogP contribution is -2.51. The summed E-state index contributed by atoms with van der Waals surface area (Å²) >= 11 is 1.57. The quantitative estimate of drug-likeness (QED) is 0.726. The highest BCUT2D eigenvalue weighted by atomic mass is 32.1. The topological polar surface area (TPSA) is 48.5 Å². The second kappa shape index (κ2) is 8.39. The van der Waals surface area contributed by atoms with E-state index >= 15 is 0 Å². The minimum absolute atomic E-state index is 0.0327. The molecule has 0 spiro atoms. The SMILES string of the molecule is O=C(NCc1ccccc1)N1CCN(c2nc(-c3ccc(F)cc3)cs2)CC1. The number of hydrogen-bond acceptors (Lipinski definition) is 4. The molecule has 1 fully saturated rings. The molecular formula is C21H21FN4OS. The molecule has 5 nitrogen and oxygen atoms in total. The molecule has 1 N–H and O–H groups in total. The van der Waals surface area contributed by atoms with E-state index in [1.165, 1.54) is 12.1 Å². The zero-order valence-corrected chi connectivity index (χ0v) is 16.2. The number of rotatable bonds is 4. The van der Waals surface area contributed by atoms with Gasteiger partial charge in [0.1, 0.15) is 5.82 Å². The number of urea groups is 1. The molecule has 0 radical (unpaired) electrons. The van der Waals surface area contributed by atoms with E-state index in [4.69, 9.17) is 0 Å². The van der Waals surface area contributed by atoms with Gasteiger partial charge in [-0.1, -0.05) is 30.3 Å². The number of nitrogens with one attached hydrogen (secondary N) is 1. The third-order valence-corrected chi connectivity index (χ3v) is 5.66. The molecule has 0 aliphatic carbocycles. The van der Waals surface area contributed by atoms with Crippen molar-refractivity contribution in [1.29, 1.82) is 0 Å². The summed E-state index contributed by atoms with van der Waals surface area (Å²) in [6.07, 6.45) is 0. The minimum atomic E-state index is -0.249. The second-order valence-corrected chi connectivity index (χ2v) is 7.48. The van der Waals surface area contributed by atoms with E-state index in [0.717, 1.165) is 35.0 Å². The van der Waals surface area contributed by atoms with E-state index in [-0.39, 0.29) is 11.8 Å². The molecule has 0 atom stereocenters. The summed E-state index contributed by atoms with van der Waals surface area (Å²) in [4.78, 5) is 21.1. The zero-order chi connectivity index (χ0) is 19.3. The first-order valence-corrected chi connectivity index (χ1v) is 10.1. The largest absolute Gasteiger partial charge is 0.345 e. The maximum Gasteiger partial charge on any atom is 0.317 e. The van der Waals surface area contributed by atoms with Crippen LogP contribution in [-0.2, 0) is 6.54 Å². The number of aromatic nitrogens is 1. The average Bonchev–Trinajstić information content (AvgIpc) is 3.24. The van der Waals surface area contributed by atoms with E-state index in [9.17, 15) is 9.18 Å². The second-order valence-electron chi connectivity index (χ2n) is 6.64. The zero-order valence-electron chi connectivity index (χ0n) is 15.3. The number of hydrogen-bond donors (Lipinski definition) is 1. The Morgan fingerprint density at radius 3 is 2.46 bits per heavy atom. The summed E-state index contributed by atoms with van der Waals surface area (Å²) in [6, 6.07) is 16.2. The summed E-state index contributed by atoms with van der Waals surface area (Å²) in [6.45, 7) is 3.34. The Bertz CT molecular complexity index is 921. The van der Waals surface area contributed by atoms with E-state index in [1.807, 2.05) is 40.6 Å². The maximum absolute atomic E-state index is 13.1.